The van der Waals surface area contributed by atoms with Gasteiger partial charge in [0.25, 0.3) is 5.91 Å². The van der Waals surface area contributed by atoms with E-state index in [0.717, 1.165) is 30.4 Å². The van der Waals surface area contributed by atoms with E-state index in [-0.39, 0.29) is 17.3 Å². The molecular formula is C22H26N2O5S. The van der Waals surface area contributed by atoms with Crippen LogP contribution in [0.5, 0.6) is 11.5 Å². The lowest BCUT2D eigenvalue weighted by Crippen LogP contribution is -2.35. The largest absolute Gasteiger partial charge is 0.486 e. The number of benzene rings is 2. The van der Waals surface area contributed by atoms with Gasteiger partial charge in [-0.2, -0.15) is 4.31 Å². The maximum absolute atomic E-state index is 13.0. The maximum atomic E-state index is 13.0. The zero-order valence-corrected chi connectivity index (χ0v) is 17.8. The van der Waals surface area contributed by atoms with Crippen LogP contribution in [0.15, 0.2) is 41.3 Å². The SMILES string of the molecule is Cc1ccc(S(=O)(=O)N2CCCCC2)cc1C(=O)NCc1cccc2c1OCCO2. The number of amides is 1. The van der Waals surface area contributed by atoms with E-state index in [1.807, 2.05) is 18.2 Å². The van der Waals surface area contributed by atoms with Gasteiger partial charge in [-0.15, -0.1) is 0 Å². The zero-order valence-electron chi connectivity index (χ0n) is 17.0. The van der Waals surface area contributed by atoms with Gasteiger partial charge < -0.3 is 14.8 Å². The molecule has 1 saturated heterocycles. The van der Waals surface area contributed by atoms with Crippen LogP contribution in [0.4, 0.5) is 0 Å². The quantitative estimate of drug-likeness (QED) is 0.789. The number of aryl methyl sites for hydroxylation is 1. The standard InChI is InChI=1S/C22H26N2O5S/c1-16-8-9-18(30(26,27)24-10-3-2-4-11-24)14-19(16)22(25)23-15-17-6-5-7-20-21(17)29-13-12-28-20/h5-9,14H,2-4,10-13,15H2,1H3,(H,23,25). The van der Waals surface area contributed by atoms with Crippen molar-refractivity contribution < 1.29 is 22.7 Å². The van der Waals surface area contributed by atoms with Crippen molar-refractivity contribution in [1.82, 2.24) is 9.62 Å². The molecule has 1 N–H and O–H groups in total. The fourth-order valence-electron chi connectivity index (χ4n) is 3.80. The number of ether oxygens (including phenoxy) is 2. The van der Waals surface area contributed by atoms with Crippen LogP contribution >= 0.6 is 0 Å². The van der Waals surface area contributed by atoms with Crippen LogP contribution in [-0.2, 0) is 16.6 Å². The van der Waals surface area contributed by atoms with Gasteiger partial charge in [0.05, 0.1) is 4.90 Å². The number of piperidine rings is 1. The van der Waals surface area contributed by atoms with Gasteiger partial charge in [-0.1, -0.05) is 24.6 Å². The number of hydrogen-bond acceptors (Lipinski definition) is 5. The molecule has 2 heterocycles. The van der Waals surface area contributed by atoms with Crippen molar-refractivity contribution in [2.75, 3.05) is 26.3 Å². The van der Waals surface area contributed by atoms with Crippen LogP contribution in [0.1, 0.15) is 40.7 Å². The van der Waals surface area contributed by atoms with Gasteiger partial charge in [0.15, 0.2) is 11.5 Å². The average Bonchev–Trinajstić information content (AvgIpc) is 2.78. The summed E-state index contributed by atoms with van der Waals surface area (Å²) < 4.78 is 38.7. The molecule has 0 aromatic heterocycles. The number of hydrogen-bond donors (Lipinski definition) is 1. The topological polar surface area (TPSA) is 84.9 Å². The first kappa shape index (κ1) is 20.7. The van der Waals surface area contributed by atoms with Crippen molar-refractivity contribution in [2.45, 2.75) is 37.6 Å². The van der Waals surface area contributed by atoms with E-state index in [9.17, 15) is 13.2 Å². The van der Waals surface area contributed by atoms with Crippen molar-refractivity contribution in [3.05, 3.63) is 53.1 Å². The highest BCUT2D eigenvalue weighted by atomic mass is 32.2. The molecule has 2 aliphatic rings. The van der Waals surface area contributed by atoms with Crippen molar-refractivity contribution in [2.24, 2.45) is 0 Å². The fraction of sp³-hybridized carbons (Fsp3) is 0.409. The van der Waals surface area contributed by atoms with Crippen LogP contribution in [0.25, 0.3) is 0 Å². The molecule has 0 bridgehead atoms. The third kappa shape index (κ3) is 4.15. The van der Waals surface area contributed by atoms with E-state index in [1.165, 1.54) is 10.4 Å². The second kappa shape index (κ2) is 8.65. The lowest BCUT2D eigenvalue weighted by atomic mass is 10.1. The third-order valence-electron chi connectivity index (χ3n) is 5.49. The number of carbonyl (C=O) groups is 1. The summed E-state index contributed by atoms with van der Waals surface area (Å²) in [6, 6.07) is 10.3. The summed E-state index contributed by atoms with van der Waals surface area (Å²) in [6.45, 7) is 4.08. The first-order valence-electron chi connectivity index (χ1n) is 10.2. The van der Waals surface area contributed by atoms with Crippen molar-refractivity contribution in [3.8, 4) is 11.5 Å². The number of para-hydroxylation sites is 1. The Kier molecular flexibility index (Phi) is 5.97. The molecule has 1 amide bonds. The Bertz CT molecular complexity index is 1050. The monoisotopic (exact) mass is 430 g/mol. The normalized spacial score (nSPS) is 16.8. The highest BCUT2D eigenvalue weighted by molar-refractivity contribution is 7.89. The molecule has 0 unspecified atom stereocenters. The van der Waals surface area contributed by atoms with Crippen LogP contribution < -0.4 is 14.8 Å². The molecule has 0 radical (unpaired) electrons. The van der Waals surface area contributed by atoms with E-state index < -0.39 is 10.0 Å². The summed E-state index contributed by atoms with van der Waals surface area (Å²) in [5.41, 5.74) is 1.89. The highest BCUT2D eigenvalue weighted by Gasteiger charge is 2.27. The molecule has 0 atom stereocenters. The van der Waals surface area contributed by atoms with E-state index in [4.69, 9.17) is 9.47 Å². The second-order valence-corrected chi connectivity index (χ2v) is 9.50. The van der Waals surface area contributed by atoms with Crippen LogP contribution in [0.2, 0.25) is 0 Å². The van der Waals surface area contributed by atoms with Gasteiger partial charge in [0.2, 0.25) is 10.0 Å². The number of fused-ring (bicyclic) bond motifs is 1. The van der Waals surface area contributed by atoms with Crippen molar-refractivity contribution in [1.29, 1.82) is 0 Å². The van der Waals surface area contributed by atoms with Crippen molar-refractivity contribution in [3.63, 3.8) is 0 Å². The number of carbonyl (C=O) groups excluding carboxylic acids is 1. The van der Waals surface area contributed by atoms with E-state index >= 15 is 0 Å². The Balaban J connectivity index is 1.53. The maximum Gasteiger partial charge on any atom is 0.251 e. The summed E-state index contributed by atoms with van der Waals surface area (Å²) in [4.78, 5) is 13.0. The fourth-order valence-corrected chi connectivity index (χ4v) is 5.35. The number of sulfonamides is 1. The second-order valence-electron chi connectivity index (χ2n) is 7.57. The molecule has 30 heavy (non-hydrogen) atoms. The number of nitrogens with one attached hydrogen (secondary N) is 1. The highest BCUT2D eigenvalue weighted by Crippen LogP contribution is 2.33. The minimum atomic E-state index is -3.60. The first-order valence-corrected chi connectivity index (χ1v) is 11.7. The Labute approximate surface area is 177 Å². The van der Waals surface area contributed by atoms with Gasteiger partial charge >= 0.3 is 0 Å². The first-order chi connectivity index (χ1) is 14.5. The molecule has 160 valence electrons. The molecule has 7 nitrogen and oxygen atoms in total. The van der Waals surface area contributed by atoms with Crippen LogP contribution in [0.3, 0.4) is 0 Å². The van der Waals surface area contributed by atoms with E-state index in [2.05, 4.69) is 5.32 Å². The summed E-state index contributed by atoms with van der Waals surface area (Å²) in [5.74, 6) is 0.985. The number of nitrogens with zero attached hydrogens (tertiary/aromatic N) is 1. The lowest BCUT2D eigenvalue weighted by molar-refractivity contribution is 0.0949. The van der Waals surface area contributed by atoms with Gasteiger partial charge in [-0.05, 0) is 43.5 Å². The van der Waals surface area contributed by atoms with Gasteiger partial charge in [-0.25, -0.2) is 8.42 Å². The summed E-state index contributed by atoms with van der Waals surface area (Å²) >= 11 is 0. The Morgan fingerprint density at radius 2 is 1.83 bits per heavy atom. The summed E-state index contributed by atoms with van der Waals surface area (Å²) in [6.07, 6.45) is 2.78. The molecular weight excluding hydrogens is 404 g/mol. The minimum Gasteiger partial charge on any atom is -0.486 e. The van der Waals surface area contributed by atoms with Crippen molar-refractivity contribution >= 4 is 15.9 Å². The molecule has 2 aliphatic heterocycles. The predicted molar refractivity (Wildman–Crippen MR) is 112 cm³/mol. The summed E-state index contributed by atoms with van der Waals surface area (Å²) in [5, 5.41) is 2.88. The Morgan fingerprint density at radius 3 is 2.63 bits per heavy atom. The molecule has 0 spiro atoms. The smallest absolute Gasteiger partial charge is 0.251 e. The van der Waals surface area contributed by atoms with E-state index in [0.29, 0.717) is 43.4 Å². The molecule has 0 saturated carbocycles. The van der Waals surface area contributed by atoms with E-state index in [1.54, 1.807) is 19.1 Å². The molecule has 4 rings (SSSR count). The number of rotatable bonds is 5. The molecule has 8 heteroatoms. The minimum absolute atomic E-state index is 0.161. The summed E-state index contributed by atoms with van der Waals surface area (Å²) in [7, 11) is -3.60. The van der Waals surface area contributed by atoms with Gasteiger partial charge in [-0.3, -0.25) is 4.79 Å². The predicted octanol–water partition coefficient (Wildman–Crippen LogP) is 2.87. The Morgan fingerprint density at radius 1 is 1.07 bits per heavy atom. The molecule has 1 fully saturated rings. The molecule has 0 aliphatic carbocycles. The van der Waals surface area contributed by atoms with Gasteiger partial charge in [0, 0.05) is 30.8 Å². The average molecular weight is 431 g/mol. The molecule has 2 aromatic carbocycles. The van der Waals surface area contributed by atoms with Gasteiger partial charge in [0.1, 0.15) is 13.2 Å². The zero-order chi connectivity index (χ0) is 21.1. The van der Waals surface area contributed by atoms with Crippen LogP contribution in [0, 0.1) is 6.92 Å². The lowest BCUT2D eigenvalue weighted by Gasteiger charge is -2.26. The Hall–Kier alpha value is -2.58. The third-order valence-corrected chi connectivity index (χ3v) is 7.39. The van der Waals surface area contributed by atoms with Crippen LogP contribution in [-0.4, -0.2) is 44.9 Å². The molecule has 2 aromatic rings.